The monoisotopic (exact) mass is 570 g/mol. The number of fused-ring (bicyclic) bond motifs is 1. The molecule has 0 bridgehead atoms. The minimum Gasteiger partial charge on any atom is -0.439 e. The predicted octanol–water partition coefficient (Wildman–Crippen LogP) is 3.14. The summed E-state index contributed by atoms with van der Waals surface area (Å²) in [5.41, 5.74) is 5.37. The van der Waals surface area contributed by atoms with E-state index in [1.807, 2.05) is 48.8 Å². The second kappa shape index (κ2) is 10.7. The van der Waals surface area contributed by atoms with Gasteiger partial charge in [-0.15, -0.1) is 11.3 Å². The summed E-state index contributed by atoms with van der Waals surface area (Å²) >= 11 is 1.41. The number of anilines is 3. The van der Waals surface area contributed by atoms with Crippen molar-refractivity contribution < 1.29 is 9.52 Å². The van der Waals surface area contributed by atoms with E-state index < -0.39 is 0 Å². The van der Waals surface area contributed by atoms with Crippen molar-refractivity contribution in [2.75, 3.05) is 49.5 Å². The minimum atomic E-state index is -0.226. The summed E-state index contributed by atoms with van der Waals surface area (Å²) < 4.78 is 8.68. The number of β-amino-alcohol motifs (C(OH)–C–C–N with tert-alkyl or cyclic N) is 1. The Bertz CT molecular complexity index is 1750. The lowest BCUT2D eigenvalue weighted by Crippen LogP contribution is -2.49. The second-order valence-corrected chi connectivity index (χ2v) is 11.3. The Kier molecular flexibility index (Phi) is 6.75. The Labute approximate surface area is 240 Å². The van der Waals surface area contributed by atoms with E-state index in [-0.39, 0.29) is 11.5 Å². The van der Waals surface area contributed by atoms with Crippen LogP contribution in [0.25, 0.3) is 27.2 Å². The SMILES string of the molecule is Cc1nn(-c2ccnc(Nc3ccc(-c4csc5c(=O)cc(N6CCNCC6)oc45)cc3)n2)cc1CN1CC(O)C1. The molecule has 5 aromatic rings. The number of aromatic nitrogens is 4. The van der Waals surface area contributed by atoms with E-state index in [0.29, 0.717) is 41.0 Å². The van der Waals surface area contributed by atoms with E-state index in [1.54, 1.807) is 16.9 Å². The number of hydrogen-bond donors (Lipinski definition) is 3. The van der Waals surface area contributed by atoms with Gasteiger partial charge in [0.25, 0.3) is 0 Å². The van der Waals surface area contributed by atoms with Crippen LogP contribution in [0, 0.1) is 6.92 Å². The third-order valence-electron chi connectivity index (χ3n) is 7.52. The topological polar surface area (TPSA) is 125 Å². The van der Waals surface area contributed by atoms with E-state index in [4.69, 9.17) is 4.42 Å². The standard InChI is InChI=1S/C29H30N8O3S/c1-18-20(13-35-15-22(38)16-35)14-37(34-18)25-6-7-31-29(33-25)32-21-4-2-19(3-5-21)23-17-41-28-24(39)12-26(40-27(23)28)36-10-8-30-9-11-36/h2-7,12,14,17,22,30,38H,8-11,13,15-16H2,1H3,(H,31,32,33). The van der Waals surface area contributed by atoms with Crippen molar-refractivity contribution in [1.29, 1.82) is 0 Å². The van der Waals surface area contributed by atoms with Crippen molar-refractivity contribution in [3.05, 3.63) is 75.7 Å². The van der Waals surface area contributed by atoms with Gasteiger partial charge in [-0.05, 0) is 24.6 Å². The first kappa shape index (κ1) is 25.8. The summed E-state index contributed by atoms with van der Waals surface area (Å²) in [4.78, 5) is 26.2. The average Bonchev–Trinajstić information content (AvgIpc) is 3.57. The first-order valence-electron chi connectivity index (χ1n) is 13.7. The third-order valence-corrected chi connectivity index (χ3v) is 8.50. The van der Waals surface area contributed by atoms with Crippen LogP contribution in [-0.4, -0.2) is 75.1 Å². The largest absolute Gasteiger partial charge is 0.439 e. The highest BCUT2D eigenvalue weighted by Gasteiger charge is 2.25. The minimum absolute atomic E-state index is 0.00908. The number of piperazine rings is 1. The maximum atomic E-state index is 12.8. The van der Waals surface area contributed by atoms with E-state index in [9.17, 15) is 9.90 Å². The van der Waals surface area contributed by atoms with E-state index in [1.165, 1.54) is 11.3 Å². The fourth-order valence-electron chi connectivity index (χ4n) is 5.25. The molecule has 0 unspecified atom stereocenters. The van der Waals surface area contributed by atoms with Crippen LogP contribution in [0.15, 0.2) is 63.4 Å². The lowest BCUT2D eigenvalue weighted by molar-refractivity contribution is -0.00297. The van der Waals surface area contributed by atoms with Crippen LogP contribution >= 0.6 is 11.3 Å². The number of nitrogens with zero attached hydrogens (tertiary/aromatic N) is 6. The number of rotatable bonds is 7. The Balaban J connectivity index is 1.09. The Morgan fingerprint density at radius 3 is 2.76 bits per heavy atom. The van der Waals surface area contributed by atoms with Crippen LogP contribution < -0.4 is 21.0 Å². The molecule has 0 aliphatic carbocycles. The van der Waals surface area contributed by atoms with Crippen molar-refractivity contribution in [2.45, 2.75) is 19.6 Å². The zero-order chi connectivity index (χ0) is 27.9. The second-order valence-electron chi connectivity index (χ2n) is 10.5. The van der Waals surface area contributed by atoms with Gasteiger partial charge in [-0.2, -0.15) is 10.1 Å². The molecule has 7 rings (SSSR count). The molecule has 12 heteroatoms. The van der Waals surface area contributed by atoms with Gasteiger partial charge in [0, 0.05) is 92.5 Å². The maximum Gasteiger partial charge on any atom is 0.229 e. The van der Waals surface area contributed by atoms with Gasteiger partial charge in [-0.25, -0.2) is 9.67 Å². The van der Waals surface area contributed by atoms with Crippen LogP contribution in [0.1, 0.15) is 11.3 Å². The average molecular weight is 571 g/mol. The van der Waals surface area contributed by atoms with E-state index in [0.717, 1.165) is 60.8 Å². The van der Waals surface area contributed by atoms with Crippen molar-refractivity contribution in [3.8, 4) is 16.9 Å². The van der Waals surface area contributed by atoms with Crippen molar-refractivity contribution >= 4 is 39.1 Å². The van der Waals surface area contributed by atoms with Gasteiger partial charge in [-0.1, -0.05) is 12.1 Å². The van der Waals surface area contributed by atoms with Crippen LogP contribution in [0.2, 0.25) is 0 Å². The lowest BCUT2D eigenvalue weighted by Gasteiger charge is -2.35. The van der Waals surface area contributed by atoms with Gasteiger partial charge in [0.1, 0.15) is 4.70 Å². The zero-order valence-electron chi connectivity index (χ0n) is 22.6. The first-order valence-corrected chi connectivity index (χ1v) is 14.6. The number of aliphatic hydroxyl groups is 1. The molecule has 0 spiro atoms. The van der Waals surface area contributed by atoms with Crippen molar-refractivity contribution in [3.63, 3.8) is 0 Å². The maximum absolute atomic E-state index is 12.8. The van der Waals surface area contributed by atoms with Gasteiger partial charge in [0.15, 0.2) is 17.3 Å². The molecule has 41 heavy (non-hydrogen) atoms. The molecule has 210 valence electrons. The molecule has 4 aromatic heterocycles. The van der Waals surface area contributed by atoms with Gasteiger partial charge in [-0.3, -0.25) is 9.69 Å². The molecule has 2 aliphatic heterocycles. The molecule has 2 saturated heterocycles. The van der Waals surface area contributed by atoms with Gasteiger partial charge in [0.05, 0.1) is 11.8 Å². The number of nitrogens with one attached hydrogen (secondary N) is 2. The van der Waals surface area contributed by atoms with Crippen LogP contribution in [0.4, 0.5) is 17.5 Å². The smallest absolute Gasteiger partial charge is 0.229 e. The molecular weight excluding hydrogens is 540 g/mol. The normalized spacial score (nSPS) is 16.3. The summed E-state index contributed by atoms with van der Waals surface area (Å²) in [6.45, 7) is 7.48. The highest BCUT2D eigenvalue weighted by atomic mass is 32.1. The fraction of sp³-hybridized carbons (Fsp3) is 0.310. The summed E-state index contributed by atoms with van der Waals surface area (Å²) in [7, 11) is 0. The number of likely N-dealkylation sites (tertiary alicyclic amines) is 1. The Morgan fingerprint density at radius 1 is 1.17 bits per heavy atom. The molecule has 0 radical (unpaired) electrons. The van der Waals surface area contributed by atoms with E-state index >= 15 is 0 Å². The number of thiophene rings is 1. The number of hydrogen-bond acceptors (Lipinski definition) is 11. The van der Waals surface area contributed by atoms with Gasteiger partial charge in [0.2, 0.25) is 11.4 Å². The van der Waals surface area contributed by atoms with Gasteiger partial charge >= 0.3 is 0 Å². The molecule has 2 fully saturated rings. The zero-order valence-corrected chi connectivity index (χ0v) is 23.4. The van der Waals surface area contributed by atoms with Crippen molar-refractivity contribution in [1.82, 2.24) is 30.0 Å². The molecule has 0 amide bonds. The molecule has 1 aromatic carbocycles. The molecule has 11 nitrogen and oxygen atoms in total. The highest BCUT2D eigenvalue weighted by molar-refractivity contribution is 7.17. The molecule has 6 heterocycles. The Hall–Kier alpha value is -4.10. The number of benzene rings is 1. The number of aryl methyl sites for hydroxylation is 1. The molecular formula is C29H30N8O3S. The summed E-state index contributed by atoms with van der Waals surface area (Å²) in [5, 5.41) is 22.8. The van der Waals surface area contributed by atoms with Crippen molar-refractivity contribution in [2.24, 2.45) is 0 Å². The fourth-order valence-corrected chi connectivity index (χ4v) is 6.16. The third kappa shape index (κ3) is 5.22. The number of aliphatic hydroxyl groups excluding tert-OH is 1. The summed E-state index contributed by atoms with van der Waals surface area (Å²) in [6.07, 6.45) is 3.46. The predicted molar refractivity (Wildman–Crippen MR) is 159 cm³/mol. The molecule has 0 atom stereocenters. The summed E-state index contributed by atoms with van der Waals surface area (Å²) in [6, 6.07) is 11.4. The highest BCUT2D eigenvalue weighted by Crippen LogP contribution is 2.35. The first-order chi connectivity index (χ1) is 20.0. The van der Waals surface area contributed by atoms with E-state index in [2.05, 4.69) is 35.5 Å². The van der Waals surface area contributed by atoms with Crippen LogP contribution in [0.5, 0.6) is 0 Å². The quantitative estimate of drug-likeness (QED) is 0.269. The summed E-state index contributed by atoms with van der Waals surface area (Å²) in [5.74, 6) is 1.75. The van der Waals surface area contributed by atoms with Crippen LogP contribution in [0.3, 0.4) is 0 Å². The molecule has 3 N–H and O–H groups in total. The molecule has 0 saturated carbocycles. The van der Waals surface area contributed by atoms with Crippen LogP contribution in [-0.2, 0) is 6.54 Å². The van der Waals surface area contributed by atoms with Gasteiger partial charge < -0.3 is 25.1 Å². The Morgan fingerprint density at radius 2 is 1.98 bits per heavy atom. The molecule has 2 aliphatic rings. The lowest BCUT2D eigenvalue weighted by atomic mass is 10.1.